The second-order valence-electron chi connectivity index (χ2n) is 5.09. The summed E-state index contributed by atoms with van der Waals surface area (Å²) in [6, 6.07) is 4.14. The molecule has 1 aliphatic heterocycles. The number of aliphatic carboxylic acids is 1. The van der Waals surface area contributed by atoms with E-state index in [1.807, 2.05) is 18.3 Å². The molecule has 0 saturated carbocycles. The van der Waals surface area contributed by atoms with E-state index in [-0.39, 0.29) is 12.0 Å². The molecule has 5 heteroatoms. The number of methoxy groups -OCH3 is 1. The number of rotatable bonds is 4. The normalized spacial score (nSPS) is 24.1. The number of nitrogens with zero attached hydrogens (tertiary/aromatic N) is 2. The molecule has 0 aromatic carbocycles. The summed E-state index contributed by atoms with van der Waals surface area (Å²) in [4.78, 5) is 17.5. The van der Waals surface area contributed by atoms with Gasteiger partial charge in [0.05, 0.1) is 13.0 Å². The minimum absolute atomic E-state index is 0.194. The maximum absolute atomic E-state index is 11.0. The third-order valence-corrected chi connectivity index (χ3v) is 3.76. The lowest BCUT2D eigenvalue weighted by Crippen LogP contribution is -2.42. The first-order valence-electron chi connectivity index (χ1n) is 6.56. The molecule has 0 aliphatic carbocycles. The Balaban J connectivity index is 1.94. The van der Waals surface area contributed by atoms with Gasteiger partial charge in [0.15, 0.2) is 0 Å². The van der Waals surface area contributed by atoms with E-state index in [1.165, 1.54) is 0 Å². The van der Waals surface area contributed by atoms with E-state index >= 15 is 0 Å². The van der Waals surface area contributed by atoms with Crippen molar-refractivity contribution in [3.05, 3.63) is 23.9 Å². The molecule has 1 aromatic heterocycles. The number of likely N-dealkylation sites (tertiary alicyclic amines) is 1. The molecular weight excluding hydrogens is 244 g/mol. The fourth-order valence-electron chi connectivity index (χ4n) is 2.54. The van der Waals surface area contributed by atoms with Crippen molar-refractivity contribution in [3.8, 4) is 5.88 Å². The lowest BCUT2D eigenvalue weighted by molar-refractivity contribution is -0.144. The summed E-state index contributed by atoms with van der Waals surface area (Å²) in [6.45, 7) is 3.72. The number of pyridine rings is 1. The standard InChI is InChI=1S/C14H20N2O3/c1-10-7-12(14(17)18)5-6-16(10)9-11-3-4-13(19-2)15-8-11/h3-4,8,10,12H,5-7,9H2,1-2H3,(H,17,18). The van der Waals surface area contributed by atoms with Crippen LogP contribution in [0.4, 0.5) is 0 Å². The van der Waals surface area contributed by atoms with Gasteiger partial charge in [-0.1, -0.05) is 6.07 Å². The van der Waals surface area contributed by atoms with Crippen LogP contribution in [-0.4, -0.2) is 40.7 Å². The monoisotopic (exact) mass is 264 g/mol. The number of hydrogen-bond donors (Lipinski definition) is 1. The first-order valence-corrected chi connectivity index (χ1v) is 6.56. The van der Waals surface area contributed by atoms with Crippen LogP contribution < -0.4 is 4.74 Å². The molecule has 5 nitrogen and oxygen atoms in total. The van der Waals surface area contributed by atoms with Crippen LogP contribution >= 0.6 is 0 Å². The molecule has 1 saturated heterocycles. The van der Waals surface area contributed by atoms with E-state index < -0.39 is 5.97 Å². The number of carbonyl (C=O) groups is 1. The molecule has 0 bridgehead atoms. The molecule has 1 N–H and O–H groups in total. The van der Waals surface area contributed by atoms with Gasteiger partial charge in [0.25, 0.3) is 0 Å². The Morgan fingerprint density at radius 1 is 1.58 bits per heavy atom. The zero-order valence-corrected chi connectivity index (χ0v) is 11.4. The first-order chi connectivity index (χ1) is 9.10. The number of carboxylic acid groups (broad SMARTS) is 1. The molecule has 0 amide bonds. The number of hydrogen-bond acceptors (Lipinski definition) is 4. The number of ether oxygens (including phenoxy) is 1. The van der Waals surface area contributed by atoms with E-state index in [1.54, 1.807) is 7.11 Å². The molecule has 1 fully saturated rings. The van der Waals surface area contributed by atoms with Gasteiger partial charge in [-0.05, 0) is 31.9 Å². The minimum Gasteiger partial charge on any atom is -0.481 e. The Kier molecular flexibility index (Phi) is 4.37. The Bertz CT molecular complexity index is 433. The predicted molar refractivity (Wildman–Crippen MR) is 71.0 cm³/mol. The molecule has 1 aliphatic rings. The van der Waals surface area contributed by atoms with Crippen LogP contribution in [0.2, 0.25) is 0 Å². The maximum Gasteiger partial charge on any atom is 0.306 e. The highest BCUT2D eigenvalue weighted by molar-refractivity contribution is 5.70. The van der Waals surface area contributed by atoms with E-state index in [0.717, 1.165) is 31.5 Å². The average molecular weight is 264 g/mol. The summed E-state index contributed by atoms with van der Waals surface area (Å²) in [5, 5.41) is 9.05. The summed E-state index contributed by atoms with van der Waals surface area (Å²) in [5.74, 6) is -0.251. The van der Waals surface area contributed by atoms with Crippen molar-refractivity contribution in [3.63, 3.8) is 0 Å². The van der Waals surface area contributed by atoms with Crippen LogP contribution in [-0.2, 0) is 11.3 Å². The number of carboxylic acids is 1. The lowest BCUT2D eigenvalue weighted by Gasteiger charge is -2.36. The van der Waals surface area contributed by atoms with Crippen LogP contribution in [0.3, 0.4) is 0 Å². The third-order valence-electron chi connectivity index (χ3n) is 3.76. The highest BCUT2D eigenvalue weighted by atomic mass is 16.5. The maximum atomic E-state index is 11.0. The van der Waals surface area contributed by atoms with Crippen molar-refractivity contribution in [1.82, 2.24) is 9.88 Å². The minimum atomic E-state index is -0.669. The van der Waals surface area contributed by atoms with Crippen molar-refractivity contribution in [1.29, 1.82) is 0 Å². The third kappa shape index (κ3) is 3.44. The lowest BCUT2D eigenvalue weighted by atomic mass is 9.91. The van der Waals surface area contributed by atoms with Crippen molar-refractivity contribution in [2.24, 2.45) is 5.92 Å². The summed E-state index contributed by atoms with van der Waals surface area (Å²) < 4.78 is 5.03. The van der Waals surface area contributed by atoms with Gasteiger partial charge in [-0.15, -0.1) is 0 Å². The molecule has 19 heavy (non-hydrogen) atoms. The van der Waals surface area contributed by atoms with Gasteiger partial charge in [-0.25, -0.2) is 4.98 Å². The van der Waals surface area contributed by atoms with Crippen molar-refractivity contribution in [2.75, 3.05) is 13.7 Å². The van der Waals surface area contributed by atoms with E-state index in [4.69, 9.17) is 9.84 Å². The molecule has 2 unspecified atom stereocenters. The fraction of sp³-hybridized carbons (Fsp3) is 0.571. The zero-order chi connectivity index (χ0) is 13.8. The van der Waals surface area contributed by atoms with Crippen LogP contribution in [0.25, 0.3) is 0 Å². The van der Waals surface area contributed by atoms with Crippen molar-refractivity contribution in [2.45, 2.75) is 32.4 Å². The molecule has 2 heterocycles. The SMILES string of the molecule is COc1ccc(CN2CCC(C(=O)O)CC2C)cn1. The quantitative estimate of drug-likeness (QED) is 0.898. The molecule has 0 spiro atoms. The van der Waals surface area contributed by atoms with Crippen LogP contribution in [0.15, 0.2) is 18.3 Å². The molecule has 2 atom stereocenters. The molecular formula is C14H20N2O3. The predicted octanol–water partition coefficient (Wildman–Crippen LogP) is 1.78. The van der Waals surface area contributed by atoms with Crippen molar-refractivity contribution < 1.29 is 14.6 Å². The zero-order valence-electron chi connectivity index (χ0n) is 11.4. The highest BCUT2D eigenvalue weighted by Crippen LogP contribution is 2.24. The Morgan fingerprint density at radius 3 is 2.89 bits per heavy atom. The Labute approximate surface area is 113 Å². The van der Waals surface area contributed by atoms with E-state index in [0.29, 0.717) is 5.88 Å². The average Bonchev–Trinajstić information content (AvgIpc) is 2.41. The highest BCUT2D eigenvalue weighted by Gasteiger charge is 2.29. The topological polar surface area (TPSA) is 62.7 Å². The van der Waals surface area contributed by atoms with Crippen molar-refractivity contribution >= 4 is 5.97 Å². The Hall–Kier alpha value is -1.62. The van der Waals surface area contributed by atoms with Gasteiger partial charge in [-0.2, -0.15) is 0 Å². The van der Waals surface area contributed by atoms with Gasteiger partial charge in [0.2, 0.25) is 5.88 Å². The van der Waals surface area contributed by atoms with Gasteiger partial charge in [-0.3, -0.25) is 9.69 Å². The Morgan fingerprint density at radius 2 is 2.37 bits per heavy atom. The molecule has 1 aromatic rings. The molecule has 0 radical (unpaired) electrons. The van der Waals surface area contributed by atoms with Gasteiger partial charge in [0, 0.05) is 24.8 Å². The fourth-order valence-corrected chi connectivity index (χ4v) is 2.54. The van der Waals surface area contributed by atoms with E-state index in [2.05, 4.69) is 16.8 Å². The second kappa shape index (κ2) is 6.02. The largest absolute Gasteiger partial charge is 0.481 e. The molecule has 2 rings (SSSR count). The number of piperidine rings is 1. The molecule has 104 valence electrons. The second-order valence-corrected chi connectivity index (χ2v) is 5.09. The van der Waals surface area contributed by atoms with Gasteiger partial charge >= 0.3 is 5.97 Å². The van der Waals surface area contributed by atoms with E-state index in [9.17, 15) is 4.79 Å². The summed E-state index contributed by atoms with van der Waals surface area (Å²) in [5.41, 5.74) is 1.13. The summed E-state index contributed by atoms with van der Waals surface area (Å²) in [6.07, 6.45) is 3.26. The smallest absolute Gasteiger partial charge is 0.306 e. The first kappa shape index (κ1) is 13.8. The van der Waals surface area contributed by atoms with Crippen LogP contribution in [0.5, 0.6) is 5.88 Å². The van der Waals surface area contributed by atoms with Gasteiger partial charge < -0.3 is 9.84 Å². The van der Waals surface area contributed by atoms with Gasteiger partial charge in [0.1, 0.15) is 0 Å². The number of aromatic nitrogens is 1. The summed E-state index contributed by atoms with van der Waals surface area (Å²) >= 11 is 0. The van der Waals surface area contributed by atoms with Crippen LogP contribution in [0.1, 0.15) is 25.3 Å². The summed E-state index contributed by atoms with van der Waals surface area (Å²) in [7, 11) is 1.60. The van der Waals surface area contributed by atoms with Crippen LogP contribution in [0, 0.1) is 5.92 Å².